The van der Waals surface area contributed by atoms with Crippen LogP contribution in [0.5, 0.6) is 17.2 Å². The van der Waals surface area contributed by atoms with Crippen molar-refractivity contribution in [2.45, 2.75) is 0 Å². The molecule has 0 aliphatic heterocycles. The normalized spacial score (nSPS) is 10.6. The summed E-state index contributed by atoms with van der Waals surface area (Å²) >= 11 is 0. The van der Waals surface area contributed by atoms with Crippen molar-refractivity contribution in [1.82, 2.24) is 0 Å². The van der Waals surface area contributed by atoms with E-state index < -0.39 is 11.2 Å². The Morgan fingerprint density at radius 1 is 1.00 bits per heavy atom. The predicted molar refractivity (Wildman–Crippen MR) is 82.7 cm³/mol. The zero-order valence-electron chi connectivity index (χ0n) is 12.1. The van der Waals surface area contributed by atoms with Crippen LogP contribution in [0, 0.1) is 0 Å². The second kappa shape index (κ2) is 5.44. The Morgan fingerprint density at radius 2 is 1.73 bits per heavy atom. The molecule has 0 aliphatic carbocycles. The molecule has 0 radical (unpaired) electrons. The number of hydrogen-bond donors (Lipinski definition) is 1. The topological polar surface area (TPSA) is 68.9 Å². The molecule has 0 spiro atoms. The zero-order chi connectivity index (χ0) is 15.7. The van der Waals surface area contributed by atoms with E-state index in [2.05, 4.69) is 0 Å². The molecule has 3 aromatic rings. The lowest BCUT2D eigenvalue weighted by molar-refractivity contribution is 0.357. The van der Waals surface area contributed by atoms with Crippen molar-refractivity contribution in [2.75, 3.05) is 14.2 Å². The molecule has 1 aromatic heterocycles. The number of fused-ring (bicyclic) bond motifs is 1. The first-order chi connectivity index (χ1) is 10.7. The summed E-state index contributed by atoms with van der Waals surface area (Å²) in [6.45, 7) is 0. The smallest absolute Gasteiger partial charge is 0.238 e. The summed E-state index contributed by atoms with van der Waals surface area (Å²) in [5, 5.41) is 10.4. The molecule has 0 bridgehead atoms. The third-order valence-corrected chi connectivity index (χ3v) is 3.41. The molecular formula is C17H14O5. The summed E-state index contributed by atoms with van der Waals surface area (Å²) in [5.74, 6) is 0.313. The molecule has 5 heteroatoms. The highest BCUT2D eigenvalue weighted by atomic mass is 16.5. The lowest BCUT2D eigenvalue weighted by Crippen LogP contribution is -2.05. The molecule has 22 heavy (non-hydrogen) atoms. The minimum Gasteiger partial charge on any atom is -0.502 e. The first kappa shape index (κ1) is 14.0. The first-order valence-corrected chi connectivity index (χ1v) is 6.63. The second-order valence-electron chi connectivity index (χ2n) is 4.65. The van der Waals surface area contributed by atoms with Gasteiger partial charge in [0.2, 0.25) is 11.2 Å². The lowest BCUT2D eigenvalue weighted by atomic mass is 10.1. The van der Waals surface area contributed by atoms with Gasteiger partial charge in [-0.15, -0.1) is 0 Å². The van der Waals surface area contributed by atoms with Gasteiger partial charge in [0.1, 0.15) is 11.0 Å². The Kier molecular flexibility index (Phi) is 3.47. The van der Waals surface area contributed by atoms with E-state index in [1.165, 1.54) is 14.2 Å². The predicted octanol–water partition coefficient (Wildman–Crippen LogP) is 3.18. The Labute approximate surface area is 126 Å². The van der Waals surface area contributed by atoms with E-state index >= 15 is 0 Å². The lowest BCUT2D eigenvalue weighted by Gasteiger charge is -2.11. The maximum Gasteiger partial charge on any atom is 0.238 e. The minimum absolute atomic E-state index is 0.130. The van der Waals surface area contributed by atoms with Gasteiger partial charge in [-0.1, -0.05) is 30.3 Å². The third-order valence-electron chi connectivity index (χ3n) is 3.41. The number of ether oxygens (including phenoxy) is 2. The molecule has 3 rings (SSSR count). The van der Waals surface area contributed by atoms with E-state index in [1.807, 2.05) is 6.07 Å². The Hall–Kier alpha value is -2.95. The van der Waals surface area contributed by atoms with Gasteiger partial charge < -0.3 is 19.0 Å². The van der Waals surface area contributed by atoms with Gasteiger partial charge in [0.25, 0.3) is 0 Å². The van der Waals surface area contributed by atoms with Crippen LogP contribution in [-0.4, -0.2) is 19.3 Å². The van der Waals surface area contributed by atoms with Crippen LogP contribution in [0.1, 0.15) is 0 Å². The molecular weight excluding hydrogens is 284 g/mol. The zero-order valence-corrected chi connectivity index (χ0v) is 12.1. The molecule has 112 valence electrons. The van der Waals surface area contributed by atoms with Gasteiger partial charge in [-0.05, 0) is 12.1 Å². The van der Waals surface area contributed by atoms with Crippen LogP contribution in [0.15, 0.2) is 51.7 Å². The summed E-state index contributed by atoms with van der Waals surface area (Å²) in [6, 6.07) is 12.2. The average Bonchev–Trinajstić information content (AvgIpc) is 2.57. The summed E-state index contributed by atoms with van der Waals surface area (Å²) < 4.78 is 16.1. The summed E-state index contributed by atoms with van der Waals surface area (Å²) in [6.07, 6.45) is 0. The van der Waals surface area contributed by atoms with Crippen molar-refractivity contribution in [3.05, 3.63) is 52.7 Å². The quantitative estimate of drug-likeness (QED) is 0.804. The van der Waals surface area contributed by atoms with E-state index in [0.29, 0.717) is 16.9 Å². The molecule has 1 heterocycles. The molecule has 0 aliphatic rings. The summed E-state index contributed by atoms with van der Waals surface area (Å²) in [7, 11) is 2.91. The highest BCUT2D eigenvalue weighted by Crippen LogP contribution is 2.37. The van der Waals surface area contributed by atoms with E-state index in [9.17, 15) is 9.90 Å². The summed E-state index contributed by atoms with van der Waals surface area (Å²) in [5.41, 5.74) is 0.379. The van der Waals surface area contributed by atoms with Gasteiger partial charge in [-0.3, -0.25) is 4.79 Å². The van der Waals surface area contributed by atoms with Crippen molar-refractivity contribution in [1.29, 1.82) is 0 Å². The van der Waals surface area contributed by atoms with Gasteiger partial charge in [0, 0.05) is 5.56 Å². The molecule has 5 nitrogen and oxygen atoms in total. The molecule has 1 N–H and O–H groups in total. The van der Waals surface area contributed by atoms with Gasteiger partial charge >= 0.3 is 0 Å². The van der Waals surface area contributed by atoms with E-state index in [-0.39, 0.29) is 16.9 Å². The fraction of sp³-hybridized carbons (Fsp3) is 0.118. The molecule has 0 atom stereocenters. The number of rotatable bonds is 3. The summed E-state index contributed by atoms with van der Waals surface area (Å²) in [4.78, 5) is 12.5. The van der Waals surface area contributed by atoms with Crippen molar-refractivity contribution >= 4 is 11.0 Å². The number of hydrogen-bond acceptors (Lipinski definition) is 5. The van der Waals surface area contributed by atoms with Crippen molar-refractivity contribution < 1.29 is 19.0 Å². The van der Waals surface area contributed by atoms with Crippen molar-refractivity contribution in [3.8, 4) is 28.6 Å². The minimum atomic E-state index is -0.559. The largest absolute Gasteiger partial charge is 0.502 e. The Bertz CT molecular complexity index is 881. The molecule has 0 amide bonds. The monoisotopic (exact) mass is 298 g/mol. The molecule has 0 saturated heterocycles. The second-order valence-corrected chi connectivity index (χ2v) is 4.65. The first-order valence-electron chi connectivity index (χ1n) is 6.63. The molecule has 0 fully saturated rings. The Balaban J connectivity index is 2.38. The van der Waals surface area contributed by atoms with Crippen molar-refractivity contribution in [3.63, 3.8) is 0 Å². The highest BCUT2D eigenvalue weighted by molar-refractivity contribution is 5.89. The van der Waals surface area contributed by atoms with Crippen LogP contribution in [-0.2, 0) is 0 Å². The van der Waals surface area contributed by atoms with Gasteiger partial charge in [-0.25, -0.2) is 0 Å². The fourth-order valence-corrected chi connectivity index (χ4v) is 2.37. The van der Waals surface area contributed by atoms with Crippen molar-refractivity contribution in [2.24, 2.45) is 0 Å². The van der Waals surface area contributed by atoms with Crippen LogP contribution in [0.4, 0.5) is 0 Å². The Morgan fingerprint density at radius 3 is 2.36 bits per heavy atom. The number of aromatic hydroxyl groups is 1. The van der Waals surface area contributed by atoms with Crippen LogP contribution in [0.2, 0.25) is 0 Å². The number of methoxy groups -OCH3 is 2. The van der Waals surface area contributed by atoms with Gasteiger partial charge in [-0.2, -0.15) is 0 Å². The highest BCUT2D eigenvalue weighted by Gasteiger charge is 2.20. The van der Waals surface area contributed by atoms with E-state index in [4.69, 9.17) is 13.9 Å². The van der Waals surface area contributed by atoms with Gasteiger partial charge in [0.15, 0.2) is 17.3 Å². The van der Waals surface area contributed by atoms with E-state index in [1.54, 1.807) is 36.4 Å². The number of benzene rings is 2. The molecule has 2 aromatic carbocycles. The maximum absolute atomic E-state index is 12.5. The maximum atomic E-state index is 12.5. The fourth-order valence-electron chi connectivity index (χ4n) is 2.37. The van der Waals surface area contributed by atoms with E-state index in [0.717, 1.165) is 0 Å². The SMILES string of the molecule is COc1ccc2oc(-c3ccccc3)c(O)c(=O)c2c1OC. The van der Waals surface area contributed by atoms with Crippen LogP contribution in [0.25, 0.3) is 22.3 Å². The molecule has 0 unspecified atom stereocenters. The van der Waals surface area contributed by atoms with Crippen LogP contribution >= 0.6 is 0 Å². The average molecular weight is 298 g/mol. The van der Waals surface area contributed by atoms with Crippen LogP contribution < -0.4 is 14.9 Å². The molecule has 0 saturated carbocycles. The third kappa shape index (κ3) is 2.07. The van der Waals surface area contributed by atoms with Gasteiger partial charge in [0.05, 0.1) is 14.2 Å². The standard InChI is InChI=1S/C17H14O5/c1-20-12-9-8-11-13(17(12)21-2)14(18)15(19)16(22-11)10-6-4-3-5-7-10/h3-9,19H,1-2H3. The van der Waals surface area contributed by atoms with Crippen LogP contribution in [0.3, 0.4) is 0 Å².